The molecule has 0 aliphatic rings. The van der Waals surface area contributed by atoms with Crippen molar-refractivity contribution < 1.29 is 24.9 Å². The van der Waals surface area contributed by atoms with Gasteiger partial charge in [-0.15, -0.1) is 0 Å². The van der Waals surface area contributed by atoms with Gasteiger partial charge < -0.3 is 20.1 Å². The number of carboxylic acid groups (broad SMARTS) is 2. The van der Waals surface area contributed by atoms with Crippen LogP contribution in [0.5, 0.6) is 0 Å². The van der Waals surface area contributed by atoms with E-state index in [0.29, 0.717) is 0 Å². The molecule has 0 aliphatic heterocycles. The number of carbonyl (C=O) groups is 2. The van der Waals surface area contributed by atoms with Gasteiger partial charge in [0.1, 0.15) is 6.04 Å². The van der Waals surface area contributed by atoms with Crippen molar-refractivity contribution >= 4 is 55.6 Å². The fourth-order valence-corrected chi connectivity index (χ4v) is 1.19. The number of unbranched alkanes of at least 4 members (excludes halogenated alkanes) is 1. The zero-order chi connectivity index (χ0) is 14.0. The number of allylic oxidation sites excluding steroid dienone is 1. The molecule has 0 saturated carbocycles. The van der Waals surface area contributed by atoms with Crippen LogP contribution in [0.2, 0.25) is 0 Å². The molecule has 0 aromatic rings. The quantitative estimate of drug-likeness (QED) is 0.256. The van der Waals surface area contributed by atoms with Gasteiger partial charge in [0.25, 0.3) is 0 Å². The number of hydrogen-bond acceptors (Lipinski definition) is 5. The summed E-state index contributed by atoms with van der Waals surface area (Å²) in [6.07, 6.45) is 4.64. The van der Waals surface area contributed by atoms with Gasteiger partial charge in [-0.25, -0.2) is 4.79 Å². The van der Waals surface area contributed by atoms with Crippen molar-refractivity contribution in [3.8, 4) is 0 Å². The maximum absolute atomic E-state index is 11.3. The maximum Gasteiger partial charge on any atom is 2.00 e. The van der Waals surface area contributed by atoms with Crippen molar-refractivity contribution in [2.75, 3.05) is 0 Å². The van der Waals surface area contributed by atoms with Crippen LogP contribution in [0.1, 0.15) is 39.0 Å². The molecule has 0 bridgehead atoms. The molecule has 0 saturated heterocycles. The zero-order valence-electron chi connectivity index (χ0n) is 11.0. The zero-order valence-corrected chi connectivity index (χ0v) is 13.2. The molecule has 0 spiro atoms. The Balaban J connectivity index is 0. The SMILES string of the molecule is CCC/C=C/CC([O-])=N[C@@H](CCC(=O)[O-])C(=O)O.[Ca+2]. The fourth-order valence-electron chi connectivity index (χ4n) is 1.19. The molecule has 0 aromatic carbocycles. The molecule has 0 rings (SSSR count). The summed E-state index contributed by atoms with van der Waals surface area (Å²) in [6.45, 7) is 2.00. The molecule has 0 heterocycles. The van der Waals surface area contributed by atoms with E-state index in [0.717, 1.165) is 12.8 Å². The molecule has 1 atom stereocenters. The van der Waals surface area contributed by atoms with E-state index in [2.05, 4.69) is 4.99 Å². The van der Waals surface area contributed by atoms with E-state index >= 15 is 0 Å². The summed E-state index contributed by atoms with van der Waals surface area (Å²) in [6, 6.07) is -1.31. The summed E-state index contributed by atoms with van der Waals surface area (Å²) in [5.41, 5.74) is 0. The second-order valence-electron chi connectivity index (χ2n) is 3.75. The van der Waals surface area contributed by atoms with Gasteiger partial charge in [-0.2, -0.15) is 0 Å². The Morgan fingerprint density at radius 1 is 1.32 bits per heavy atom. The minimum absolute atomic E-state index is 0. The standard InChI is InChI=1S/C12H19NO5.Ca/c1-2-3-4-5-6-10(14)13-9(12(17)18)7-8-11(15)16;/h4-5,9H,2-3,6-8H2,1H3,(H,13,14)(H,15,16)(H,17,18);/q;+2/p-2/b5-4+;/t9-;/m0./s1. The van der Waals surface area contributed by atoms with Crippen molar-refractivity contribution in [1.82, 2.24) is 0 Å². The molecule has 0 unspecified atom stereocenters. The molecule has 6 nitrogen and oxygen atoms in total. The minimum Gasteiger partial charge on any atom is -0.862 e. The Kier molecular flexibility index (Phi) is 13.6. The molecule has 1 N–H and O–H groups in total. The van der Waals surface area contributed by atoms with E-state index < -0.39 is 30.3 Å². The van der Waals surface area contributed by atoms with Crippen molar-refractivity contribution in [3.63, 3.8) is 0 Å². The normalized spacial score (nSPS) is 13.0. The van der Waals surface area contributed by atoms with Gasteiger partial charge in [-0.3, -0.25) is 4.99 Å². The molecule has 0 aromatic heterocycles. The van der Waals surface area contributed by atoms with Crippen molar-refractivity contribution in [1.29, 1.82) is 0 Å². The first kappa shape index (κ1) is 20.7. The third kappa shape index (κ3) is 12.2. The van der Waals surface area contributed by atoms with Crippen LogP contribution in [0.3, 0.4) is 0 Å². The van der Waals surface area contributed by atoms with Crippen LogP contribution in [-0.2, 0) is 9.59 Å². The van der Waals surface area contributed by atoms with Gasteiger partial charge in [0.15, 0.2) is 0 Å². The predicted molar refractivity (Wildman–Crippen MR) is 67.5 cm³/mol. The summed E-state index contributed by atoms with van der Waals surface area (Å²) in [5, 5.41) is 30.3. The van der Waals surface area contributed by atoms with E-state index in [1.54, 1.807) is 6.08 Å². The Morgan fingerprint density at radius 2 is 1.95 bits per heavy atom. The number of rotatable bonds is 9. The van der Waals surface area contributed by atoms with E-state index in [1.807, 2.05) is 13.0 Å². The van der Waals surface area contributed by atoms with Gasteiger partial charge in [0.2, 0.25) is 0 Å². The Hall–Kier alpha value is -0.590. The van der Waals surface area contributed by atoms with E-state index in [4.69, 9.17) is 5.11 Å². The second-order valence-corrected chi connectivity index (χ2v) is 3.75. The van der Waals surface area contributed by atoms with Crippen LogP contribution in [0, 0.1) is 0 Å². The van der Waals surface area contributed by atoms with E-state index in [1.165, 1.54) is 0 Å². The van der Waals surface area contributed by atoms with Crippen LogP contribution in [0.15, 0.2) is 17.1 Å². The van der Waals surface area contributed by atoms with Crippen LogP contribution in [0.25, 0.3) is 0 Å². The number of carboxylic acids is 2. The van der Waals surface area contributed by atoms with Crippen LogP contribution < -0.4 is 10.2 Å². The number of carbonyl (C=O) groups excluding carboxylic acids is 1. The van der Waals surface area contributed by atoms with E-state index in [-0.39, 0.29) is 50.6 Å². The van der Waals surface area contributed by atoms with Crippen LogP contribution in [-0.4, -0.2) is 66.7 Å². The van der Waals surface area contributed by atoms with Gasteiger partial charge in [-0.1, -0.05) is 25.5 Å². The van der Waals surface area contributed by atoms with Crippen molar-refractivity contribution in [2.45, 2.75) is 45.1 Å². The van der Waals surface area contributed by atoms with Crippen LogP contribution >= 0.6 is 0 Å². The predicted octanol–water partition coefficient (Wildman–Crippen LogP) is -0.906. The number of aliphatic imine (C=N–C) groups is 1. The molecule has 19 heavy (non-hydrogen) atoms. The summed E-state index contributed by atoms with van der Waals surface area (Å²) < 4.78 is 0. The average Bonchev–Trinajstić information content (AvgIpc) is 2.29. The first-order valence-corrected chi connectivity index (χ1v) is 5.78. The Bertz CT molecular complexity index is 341. The Labute approximate surface area is 142 Å². The minimum atomic E-state index is -1.35. The topological polar surface area (TPSA) is 113 Å². The fraction of sp³-hybridized carbons (Fsp3) is 0.583. The van der Waals surface area contributed by atoms with Gasteiger partial charge in [0, 0.05) is 5.97 Å². The third-order valence-electron chi connectivity index (χ3n) is 2.12. The Morgan fingerprint density at radius 3 is 2.42 bits per heavy atom. The van der Waals surface area contributed by atoms with E-state index in [9.17, 15) is 19.8 Å². The average molecular weight is 295 g/mol. The monoisotopic (exact) mass is 295 g/mol. The van der Waals surface area contributed by atoms with Gasteiger partial charge in [0.05, 0.1) is 0 Å². The van der Waals surface area contributed by atoms with Crippen LogP contribution in [0.4, 0.5) is 0 Å². The molecule has 0 amide bonds. The summed E-state index contributed by atoms with van der Waals surface area (Å²) >= 11 is 0. The molecular formula is C12H17CaNO5. The van der Waals surface area contributed by atoms with Gasteiger partial charge >= 0.3 is 43.7 Å². The summed E-state index contributed by atoms with van der Waals surface area (Å²) in [5.74, 6) is -3.22. The largest absolute Gasteiger partial charge is 2.00 e. The third-order valence-corrected chi connectivity index (χ3v) is 2.12. The summed E-state index contributed by atoms with van der Waals surface area (Å²) in [7, 11) is 0. The molecule has 0 aliphatic carbocycles. The molecule has 7 heteroatoms. The smallest absolute Gasteiger partial charge is 0.862 e. The first-order valence-electron chi connectivity index (χ1n) is 5.78. The number of nitrogens with zero attached hydrogens (tertiary/aromatic N) is 1. The molecule has 102 valence electrons. The number of hydrogen-bond donors (Lipinski definition) is 1. The first-order chi connectivity index (χ1) is 8.47. The van der Waals surface area contributed by atoms with Crippen molar-refractivity contribution in [2.24, 2.45) is 4.99 Å². The number of aliphatic carboxylic acids is 2. The van der Waals surface area contributed by atoms with Gasteiger partial charge in [-0.05, 0) is 31.6 Å². The van der Waals surface area contributed by atoms with Crippen molar-refractivity contribution in [3.05, 3.63) is 12.2 Å². The second kappa shape index (κ2) is 12.4. The molecule has 0 radical (unpaired) electrons. The summed E-state index contributed by atoms with van der Waals surface area (Å²) in [4.78, 5) is 24.4. The molecule has 0 fully saturated rings. The molecular weight excluding hydrogens is 278 g/mol. The maximum atomic E-state index is 11.3.